The molecule has 100 valence electrons. The van der Waals surface area contributed by atoms with Gasteiger partial charge in [0.15, 0.2) is 0 Å². The van der Waals surface area contributed by atoms with Crippen LogP contribution in [0.1, 0.15) is 45.2 Å². The standard InChI is InChI=1S/C15H24N2O/c1-5-15(2,3)17(4)14(18)11-13(16)12-9-7-6-8-10-12/h6-10,13H,5,11,16H2,1-4H3. The van der Waals surface area contributed by atoms with Crippen LogP contribution >= 0.6 is 0 Å². The summed E-state index contributed by atoms with van der Waals surface area (Å²) in [6, 6.07) is 9.53. The third-order valence-corrected chi connectivity index (χ3v) is 3.77. The van der Waals surface area contributed by atoms with E-state index in [9.17, 15) is 4.79 Å². The maximum absolute atomic E-state index is 12.2. The Morgan fingerprint density at radius 1 is 1.33 bits per heavy atom. The van der Waals surface area contributed by atoms with Gasteiger partial charge in [-0.25, -0.2) is 0 Å². The van der Waals surface area contributed by atoms with Gasteiger partial charge in [-0.1, -0.05) is 37.3 Å². The van der Waals surface area contributed by atoms with Crippen molar-refractivity contribution in [2.24, 2.45) is 5.73 Å². The quantitative estimate of drug-likeness (QED) is 0.871. The lowest BCUT2D eigenvalue weighted by Crippen LogP contribution is -2.45. The second kappa shape index (κ2) is 6.01. The number of nitrogens with zero attached hydrogens (tertiary/aromatic N) is 1. The Labute approximate surface area is 110 Å². The summed E-state index contributed by atoms with van der Waals surface area (Å²) in [6.45, 7) is 6.22. The Balaban J connectivity index is 2.66. The maximum Gasteiger partial charge on any atom is 0.224 e. The van der Waals surface area contributed by atoms with E-state index in [1.54, 1.807) is 4.90 Å². The van der Waals surface area contributed by atoms with Gasteiger partial charge in [0.25, 0.3) is 0 Å². The van der Waals surface area contributed by atoms with Crippen LogP contribution in [-0.2, 0) is 4.79 Å². The molecule has 0 spiro atoms. The molecule has 0 heterocycles. The van der Waals surface area contributed by atoms with E-state index >= 15 is 0 Å². The Hall–Kier alpha value is -1.35. The van der Waals surface area contributed by atoms with Crippen molar-refractivity contribution in [3.05, 3.63) is 35.9 Å². The van der Waals surface area contributed by atoms with Gasteiger partial charge in [0.2, 0.25) is 5.91 Å². The van der Waals surface area contributed by atoms with Gasteiger partial charge < -0.3 is 10.6 Å². The number of rotatable bonds is 5. The largest absolute Gasteiger partial charge is 0.341 e. The molecular weight excluding hydrogens is 224 g/mol. The highest BCUT2D eigenvalue weighted by Gasteiger charge is 2.26. The summed E-state index contributed by atoms with van der Waals surface area (Å²) in [5.41, 5.74) is 6.96. The van der Waals surface area contributed by atoms with Gasteiger partial charge >= 0.3 is 0 Å². The smallest absolute Gasteiger partial charge is 0.224 e. The molecule has 1 atom stereocenters. The first kappa shape index (κ1) is 14.7. The SMILES string of the molecule is CCC(C)(C)N(C)C(=O)CC(N)c1ccccc1. The Morgan fingerprint density at radius 3 is 2.39 bits per heavy atom. The minimum absolute atomic E-state index is 0.0956. The van der Waals surface area contributed by atoms with Gasteiger partial charge in [0.05, 0.1) is 0 Å². The van der Waals surface area contributed by atoms with Crippen molar-refractivity contribution in [1.82, 2.24) is 4.90 Å². The normalized spacial score (nSPS) is 13.2. The molecule has 0 aromatic heterocycles. The van der Waals surface area contributed by atoms with Gasteiger partial charge in [-0.2, -0.15) is 0 Å². The Morgan fingerprint density at radius 2 is 1.89 bits per heavy atom. The molecular formula is C15H24N2O. The molecule has 1 aromatic carbocycles. The molecule has 0 radical (unpaired) electrons. The molecule has 1 rings (SSSR count). The maximum atomic E-state index is 12.2. The number of hydrogen-bond acceptors (Lipinski definition) is 2. The van der Waals surface area contributed by atoms with E-state index in [4.69, 9.17) is 5.73 Å². The Bertz CT molecular complexity index is 387. The minimum atomic E-state index is -0.228. The molecule has 2 N–H and O–H groups in total. The highest BCUT2D eigenvalue weighted by atomic mass is 16.2. The van der Waals surface area contributed by atoms with Crippen molar-refractivity contribution in [2.75, 3.05) is 7.05 Å². The number of carbonyl (C=O) groups excluding carboxylic acids is 1. The highest BCUT2D eigenvalue weighted by molar-refractivity contribution is 5.77. The van der Waals surface area contributed by atoms with Gasteiger partial charge in [-0.05, 0) is 25.8 Å². The third-order valence-electron chi connectivity index (χ3n) is 3.77. The van der Waals surface area contributed by atoms with Gasteiger partial charge in [0.1, 0.15) is 0 Å². The minimum Gasteiger partial charge on any atom is -0.341 e. The molecule has 0 fully saturated rings. The summed E-state index contributed by atoms with van der Waals surface area (Å²) in [5, 5.41) is 0. The second-order valence-corrected chi connectivity index (χ2v) is 5.34. The first-order valence-electron chi connectivity index (χ1n) is 6.45. The van der Waals surface area contributed by atoms with Crippen molar-refractivity contribution in [3.8, 4) is 0 Å². The second-order valence-electron chi connectivity index (χ2n) is 5.34. The van der Waals surface area contributed by atoms with E-state index in [0.717, 1.165) is 12.0 Å². The zero-order chi connectivity index (χ0) is 13.8. The number of benzene rings is 1. The molecule has 0 bridgehead atoms. The van der Waals surface area contributed by atoms with Gasteiger partial charge in [-0.3, -0.25) is 4.79 Å². The summed E-state index contributed by atoms with van der Waals surface area (Å²) < 4.78 is 0. The van der Waals surface area contributed by atoms with Crippen LogP contribution in [0.25, 0.3) is 0 Å². The lowest BCUT2D eigenvalue weighted by atomic mass is 9.98. The van der Waals surface area contributed by atoms with E-state index in [0.29, 0.717) is 6.42 Å². The van der Waals surface area contributed by atoms with Crippen molar-refractivity contribution in [2.45, 2.75) is 45.2 Å². The van der Waals surface area contributed by atoms with Crippen molar-refractivity contribution in [3.63, 3.8) is 0 Å². The molecule has 3 nitrogen and oxygen atoms in total. The van der Waals surface area contributed by atoms with E-state index in [1.165, 1.54) is 0 Å². The molecule has 0 aliphatic heterocycles. The van der Waals surface area contributed by atoms with E-state index in [-0.39, 0.29) is 17.5 Å². The molecule has 18 heavy (non-hydrogen) atoms. The molecule has 1 unspecified atom stereocenters. The summed E-state index contributed by atoms with van der Waals surface area (Å²) in [6.07, 6.45) is 1.28. The molecule has 0 saturated carbocycles. The average Bonchev–Trinajstić information content (AvgIpc) is 2.38. The van der Waals surface area contributed by atoms with E-state index < -0.39 is 0 Å². The zero-order valence-corrected chi connectivity index (χ0v) is 11.8. The summed E-state index contributed by atoms with van der Waals surface area (Å²) >= 11 is 0. The number of carbonyl (C=O) groups is 1. The lowest BCUT2D eigenvalue weighted by Gasteiger charge is -2.35. The number of hydrogen-bond donors (Lipinski definition) is 1. The predicted molar refractivity (Wildman–Crippen MR) is 75.1 cm³/mol. The summed E-state index contributed by atoms with van der Waals surface area (Å²) in [5.74, 6) is 0.0956. The lowest BCUT2D eigenvalue weighted by molar-refractivity contribution is -0.135. The van der Waals surface area contributed by atoms with Crippen LogP contribution in [0.4, 0.5) is 0 Å². The number of amides is 1. The van der Waals surface area contributed by atoms with Crippen molar-refractivity contribution < 1.29 is 4.79 Å². The van der Waals surface area contributed by atoms with Crippen LogP contribution < -0.4 is 5.73 Å². The predicted octanol–water partition coefficient (Wildman–Crippen LogP) is 2.72. The third kappa shape index (κ3) is 3.57. The molecule has 0 aliphatic rings. The first-order chi connectivity index (χ1) is 8.38. The molecule has 1 aromatic rings. The summed E-state index contributed by atoms with van der Waals surface area (Å²) in [7, 11) is 1.85. The topological polar surface area (TPSA) is 46.3 Å². The van der Waals surface area contributed by atoms with Crippen LogP contribution in [0.3, 0.4) is 0 Å². The molecule has 0 aliphatic carbocycles. The van der Waals surface area contributed by atoms with E-state index in [2.05, 4.69) is 20.8 Å². The van der Waals surface area contributed by atoms with Crippen LogP contribution in [0.5, 0.6) is 0 Å². The fourth-order valence-corrected chi connectivity index (χ4v) is 1.72. The van der Waals surface area contributed by atoms with Crippen molar-refractivity contribution in [1.29, 1.82) is 0 Å². The molecule has 1 amide bonds. The molecule has 3 heteroatoms. The van der Waals surface area contributed by atoms with Gasteiger partial charge in [0, 0.05) is 25.0 Å². The molecule has 0 saturated heterocycles. The fourth-order valence-electron chi connectivity index (χ4n) is 1.72. The zero-order valence-electron chi connectivity index (χ0n) is 11.8. The van der Waals surface area contributed by atoms with Crippen molar-refractivity contribution >= 4 is 5.91 Å². The van der Waals surface area contributed by atoms with Crippen LogP contribution in [0, 0.1) is 0 Å². The van der Waals surface area contributed by atoms with E-state index in [1.807, 2.05) is 37.4 Å². The Kier molecular flexibility index (Phi) is 4.91. The summed E-state index contributed by atoms with van der Waals surface area (Å²) in [4.78, 5) is 14.0. The van der Waals surface area contributed by atoms with Crippen LogP contribution in [0.15, 0.2) is 30.3 Å². The van der Waals surface area contributed by atoms with Crippen LogP contribution in [-0.4, -0.2) is 23.4 Å². The van der Waals surface area contributed by atoms with Gasteiger partial charge in [-0.15, -0.1) is 0 Å². The fraction of sp³-hybridized carbons (Fsp3) is 0.533. The average molecular weight is 248 g/mol. The van der Waals surface area contributed by atoms with Crippen LogP contribution in [0.2, 0.25) is 0 Å². The highest BCUT2D eigenvalue weighted by Crippen LogP contribution is 2.20. The monoisotopic (exact) mass is 248 g/mol. The first-order valence-corrected chi connectivity index (χ1v) is 6.45. The number of nitrogens with two attached hydrogens (primary N) is 1.